The lowest BCUT2D eigenvalue weighted by atomic mass is 10.2. The van der Waals surface area contributed by atoms with Gasteiger partial charge in [-0.2, -0.15) is 9.04 Å². The van der Waals surface area contributed by atoms with E-state index < -0.39 is 124 Å². The van der Waals surface area contributed by atoms with E-state index in [-0.39, 0.29) is 27.6 Å². The lowest BCUT2D eigenvalue weighted by Gasteiger charge is -2.30. The zero-order valence-electron chi connectivity index (χ0n) is 45.9. The Kier molecular flexibility index (Phi) is 3.93. The summed E-state index contributed by atoms with van der Waals surface area (Å²) in [5.41, 5.74) is -1.90. The zero-order valence-corrected chi connectivity index (χ0v) is 20.7. The molecule has 1 aromatic heterocycles. The number of aromatic nitrogens is 4. The topological polar surface area (TPSA) is 113 Å². The minimum Gasteiger partial charge on any atom is -0.444 e. The summed E-state index contributed by atoms with van der Waals surface area (Å²) in [4.78, 5) is 11.9. The number of carbonyl (C=O) groups excluding carboxylic acids is 1. The molecule has 0 aliphatic carbocycles. The molecule has 1 amide bonds. The van der Waals surface area contributed by atoms with E-state index in [9.17, 15) is 4.79 Å². The smallest absolute Gasteiger partial charge is 0.410 e. The number of anilines is 1. The van der Waals surface area contributed by atoms with E-state index >= 15 is 0 Å². The molecule has 3 heterocycles. The Balaban J connectivity index is 0.000000278. The Bertz CT molecular complexity index is 2210. The molecule has 2 saturated heterocycles. The molecule has 5 rings (SSSR count). The van der Waals surface area contributed by atoms with Crippen LogP contribution < -0.4 is 15.5 Å². The molecule has 2 aliphatic rings. The van der Waals surface area contributed by atoms with Gasteiger partial charge in [-0.05, 0) is 55.4 Å². The highest BCUT2D eigenvalue weighted by Crippen LogP contribution is 2.15. The van der Waals surface area contributed by atoms with E-state index in [2.05, 4.69) is 32.3 Å². The van der Waals surface area contributed by atoms with Crippen LogP contribution in [0.5, 0.6) is 0 Å². The van der Waals surface area contributed by atoms with Crippen LogP contribution in [0.15, 0.2) is 64.8 Å². The van der Waals surface area contributed by atoms with E-state index in [4.69, 9.17) is 40.4 Å². The third kappa shape index (κ3) is 9.77. The van der Waals surface area contributed by atoms with Gasteiger partial charge < -0.3 is 25.2 Å². The third-order valence-corrected chi connectivity index (χ3v) is 3.61. The molecule has 2 fully saturated rings. The van der Waals surface area contributed by atoms with Gasteiger partial charge in [0.2, 0.25) is 5.95 Å². The summed E-state index contributed by atoms with van der Waals surface area (Å²) in [5, 5.41) is 13.5. The second-order valence-corrected chi connectivity index (χ2v) is 7.46. The van der Waals surface area contributed by atoms with Crippen LogP contribution in [-0.2, 0) is 17.2 Å². The summed E-state index contributed by atoms with van der Waals surface area (Å²) in [5.74, 6) is -0.905. The maximum absolute atomic E-state index is 12.1. The molecule has 12 heteroatoms. The first-order valence-electron chi connectivity index (χ1n) is 23.1. The van der Waals surface area contributed by atoms with Gasteiger partial charge in [0.25, 0.3) is 0 Å². The monoisotopic (exact) mass is 565 g/mol. The first kappa shape index (κ1) is 9.92. The summed E-state index contributed by atoms with van der Waals surface area (Å²) < 4.78 is 209. The van der Waals surface area contributed by atoms with Crippen molar-refractivity contribution in [2.75, 3.05) is 56.9 Å². The fourth-order valence-electron chi connectivity index (χ4n) is 2.06. The van der Waals surface area contributed by atoms with Crippen molar-refractivity contribution in [1.29, 1.82) is 0 Å². The number of rotatable bonds is 3. The summed E-state index contributed by atoms with van der Waals surface area (Å²) >= 11 is 4.31. The van der Waals surface area contributed by atoms with Gasteiger partial charge in [0.05, 0.1) is 36.0 Å². The quantitative estimate of drug-likeness (QED) is 0.495. The van der Waals surface area contributed by atoms with Crippen molar-refractivity contribution >= 4 is 30.2 Å². The molecule has 0 unspecified atom stereocenters. The molecule has 2 aromatic carbocycles. The highest BCUT2D eigenvalue weighted by molar-refractivity contribution is 7.47. The molecule has 0 bridgehead atoms. The molecular weight excluding hydrogens is 502 g/mol. The van der Waals surface area contributed by atoms with E-state index in [1.807, 2.05) is 0 Å². The number of para-hydroxylation sites is 1. The highest BCUT2D eigenvalue weighted by Gasteiger charge is 2.23. The molecule has 0 atom stereocenters. The Morgan fingerprint density at radius 1 is 0.974 bits per heavy atom. The Labute approximate surface area is 266 Å². The molecule has 11 nitrogen and oxygen atoms in total. The van der Waals surface area contributed by atoms with Gasteiger partial charge in [0.15, 0.2) is 0 Å². The average Bonchev–Trinajstić information content (AvgIpc) is 3.57. The Morgan fingerprint density at radius 2 is 1.53 bits per heavy atom. The summed E-state index contributed by atoms with van der Waals surface area (Å²) in [6.07, 6.45) is -1.48. The number of hydrogen-bond acceptors (Lipinski definition) is 10. The number of hydrogen-bond donors (Lipinski definition) is 2. The second-order valence-electron chi connectivity index (χ2n) is 7.28. The van der Waals surface area contributed by atoms with Gasteiger partial charge in [0, 0.05) is 75.4 Å². The largest absolute Gasteiger partial charge is 0.444 e. The van der Waals surface area contributed by atoms with Crippen LogP contribution in [0.4, 0.5) is 16.4 Å². The van der Waals surface area contributed by atoms with E-state index in [1.54, 1.807) is 10.6 Å². The molecule has 3 aromatic rings. The van der Waals surface area contributed by atoms with Gasteiger partial charge in [-0.25, -0.2) is 4.79 Å². The van der Waals surface area contributed by atoms with Crippen LogP contribution in [0.2, 0.25) is 0 Å². The fraction of sp³-hybridized carbons (Fsp3) is 0.462. The molecule has 2 N–H and O–H groups in total. The Hall–Kier alpha value is -3.48. The first-order chi connectivity index (χ1) is 28.4. The Morgan fingerprint density at radius 3 is 2.08 bits per heavy atom. The van der Waals surface area contributed by atoms with Gasteiger partial charge in [0.1, 0.15) is 5.60 Å². The molecule has 204 valence electrons. The molecule has 38 heavy (non-hydrogen) atoms. The van der Waals surface area contributed by atoms with Crippen molar-refractivity contribution in [3.05, 3.63) is 60.4 Å². The number of benzene rings is 2. The number of amides is 1. The van der Waals surface area contributed by atoms with E-state index in [0.29, 0.717) is 4.68 Å². The molecule has 0 saturated carbocycles. The van der Waals surface area contributed by atoms with Crippen molar-refractivity contribution in [1.82, 2.24) is 35.7 Å². The van der Waals surface area contributed by atoms with E-state index in [1.165, 1.54) is 20.8 Å². The van der Waals surface area contributed by atoms with Crippen LogP contribution in [0.25, 0.3) is 5.69 Å². The average molecular weight is 566 g/mol. The molecular formula is C26H37N9O2S. The van der Waals surface area contributed by atoms with Crippen LogP contribution in [0.3, 0.4) is 0 Å². The van der Waals surface area contributed by atoms with Crippen LogP contribution in [-0.4, -0.2) is 88.8 Å². The zero-order chi connectivity index (χ0) is 50.3. The normalized spacial score (nSPS) is 35.9. The number of carbonyl (C=O) groups is 1. The summed E-state index contributed by atoms with van der Waals surface area (Å²) in [6, 6.07) is -5.78. The van der Waals surface area contributed by atoms with Gasteiger partial charge in [-0.1, -0.05) is 41.4 Å². The highest BCUT2D eigenvalue weighted by atomic mass is 32.1. The SMILES string of the molecule is [2H]C1([2H])NC([2H])([2H])C([2H])([2H])N(C(=O)OC(C)(C)C)C1([2H])[2H].[2H]c1c([2H])c([2H])c(-n2nnnc2N2C([2H])([2H])C([2H])([2H])NC([2H])([2H])C2([2H])[2H])c([2H])c1[2H].[2H]c1c([2H])c([2H])c(N=S)c([2H])c1[2H]. The van der Waals surface area contributed by atoms with Gasteiger partial charge in [-0.15, -0.1) is 0 Å². The van der Waals surface area contributed by atoms with Crippen molar-refractivity contribution in [2.45, 2.75) is 26.4 Å². The minimum absolute atomic E-state index is 0.0111. The number of nitrogens with one attached hydrogen (secondary N) is 2. The lowest BCUT2D eigenvalue weighted by molar-refractivity contribution is 0.0229. The van der Waals surface area contributed by atoms with Crippen molar-refractivity contribution in [3.8, 4) is 5.69 Å². The molecule has 2 aliphatic heterocycles. The molecule has 0 spiro atoms. The number of tetrazole rings is 1. The number of piperazine rings is 2. The van der Waals surface area contributed by atoms with Crippen molar-refractivity contribution in [2.24, 2.45) is 4.36 Å². The number of nitrogens with zero attached hydrogens (tertiary/aromatic N) is 7. The van der Waals surface area contributed by atoms with Gasteiger partial charge in [-0.3, -0.25) is 0 Å². The maximum Gasteiger partial charge on any atom is 0.410 e. The van der Waals surface area contributed by atoms with Crippen LogP contribution in [0.1, 0.15) is 56.4 Å². The van der Waals surface area contributed by atoms with Crippen LogP contribution >= 0.6 is 0 Å². The minimum atomic E-state index is -3.28. The van der Waals surface area contributed by atoms with Crippen molar-refractivity contribution in [3.63, 3.8) is 0 Å². The predicted molar refractivity (Wildman–Crippen MR) is 151 cm³/mol. The first-order valence-corrected chi connectivity index (χ1v) is 10.5. The summed E-state index contributed by atoms with van der Waals surface area (Å²) in [7, 11) is 0. The number of ether oxygens (including phenoxy) is 1. The third-order valence-electron chi connectivity index (χ3n) is 3.43. The maximum atomic E-state index is 12.1. The van der Waals surface area contributed by atoms with Crippen molar-refractivity contribution < 1.29 is 45.2 Å². The van der Waals surface area contributed by atoms with Crippen LogP contribution in [0, 0.1) is 0 Å². The standard InChI is InChI=1S/C11H14N6.C9H18N2O2.C6H5NS/c1-2-4-10(5-3-1)17-11(13-14-15-17)16-8-6-12-7-9-16;1-9(2,3)13-8(12)11-6-4-10-5-7-11;8-7-6-4-2-1-3-5-6/h1-5,12H,6-9H2;10H,4-7H2,1-3H3;1-5H/i1D,2D,3D,4D,5D,6D2,7D2,8D2,9D2;4D2,5D2,6D2,7D2;1D,2D,3D,4D,5D. The second kappa shape index (κ2) is 15.1. The molecule has 0 radical (unpaired) electrons. The fourth-order valence-corrected chi connectivity index (χ4v) is 2.15. The predicted octanol–water partition coefficient (Wildman–Crippen LogP) is 2.95. The van der Waals surface area contributed by atoms with E-state index in [0.717, 1.165) is 0 Å². The van der Waals surface area contributed by atoms with Gasteiger partial charge >= 0.3 is 6.09 Å². The lowest BCUT2D eigenvalue weighted by Crippen LogP contribution is -2.48. The summed E-state index contributed by atoms with van der Waals surface area (Å²) in [6.45, 7) is -20.8.